The molecule has 1 amide bonds. The van der Waals surface area contributed by atoms with Crippen LogP contribution >= 0.6 is 0 Å². The lowest BCUT2D eigenvalue weighted by molar-refractivity contribution is -0.140. The number of carbonyl (C=O) groups is 4. The monoisotopic (exact) mass is 676 g/mol. The number of unbranched alkanes of at least 4 members (excludes halogenated alkanes) is 8. The van der Waals surface area contributed by atoms with Crippen LogP contribution in [-0.4, -0.2) is 84.2 Å². The van der Waals surface area contributed by atoms with Crippen molar-refractivity contribution < 1.29 is 23.9 Å². The molecule has 2 rings (SSSR count). The van der Waals surface area contributed by atoms with E-state index < -0.39 is 29.7 Å². The van der Waals surface area contributed by atoms with Crippen molar-refractivity contribution in [3.05, 3.63) is 12.2 Å². The van der Waals surface area contributed by atoms with Crippen LogP contribution in [0.4, 0.5) is 0 Å². The summed E-state index contributed by atoms with van der Waals surface area (Å²) in [6, 6.07) is -2.05. The molecule has 2 aliphatic heterocycles. The van der Waals surface area contributed by atoms with Crippen molar-refractivity contribution >= 4 is 29.2 Å². The van der Waals surface area contributed by atoms with Crippen molar-refractivity contribution in [2.45, 2.75) is 166 Å². The number of nitrogens with zero attached hydrogens (tertiary/aromatic N) is 1. The van der Waals surface area contributed by atoms with Crippen LogP contribution in [0.1, 0.15) is 136 Å². The first-order valence-corrected chi connectivity index (χ1v) is 18.6. The summed E-state index contributed by atoms with van der Waals surface area (Å²) in [7, 11) is 0. The molecule has 0 saturated carbocycles. The maximum absolute atomic E-state index is 13.2. The highest BCUT2D eigenvalue weighted by Gasteiger charge is 2.37. The lowest BCUT2D eigenvalue weighted by Crippen LogP contribution is -2.53. The van der Waals surface area contributed by atoms with Gasteiger partial charge in [0, 0.05) is 26.1 Å². The minimum Gasteiger partial charge on any atom is -0.370 e. The van der Waals surface area contributed by atoms with E-state index in [0.717, 1.165) is 38.5 Å². The number of rotatable bonds is 29. The first-order valence-electron chi connectivity index (χ1n) is 18.6. The van der Waals surface area contributed by atoms with Gasteiger partial charge in [-0.05, 0) is 84.0 Å². The topological polar surface area (TPSA) is 196 Å². The molecule has 2 fully saturated rings. The number of Topliss-reactive ketones (excluding diaryl/α,β-unsaturated/α-hetero) is 3. The minimum atomic E-state index is -0.833. The van der Waals surface area contributed by atoms with E-state index in [9.17, 15) is 19.2 Å². The first kappa shape index (κ1) is 41.5. The molecule has 0 aromatic heterocycles. The van der Waals surface area contributed by atoms with Crippen LogP contribution in [0.15, 0.2) is 12.2 Å². The fraction of sp³-hybridized carbons (Fsp3) is 0.806. The average Bonchev–Trinajstić information content (AvgIpc) is 3.66. The smallest absolute Gasteiger partial charge is 0.219 e. The second-order valence-electron chi connectivity index (χ2n) is 13.6. The van der Waals surface area contributed by atoms with E-state index in [2.05, 4.69) is 35.0 Å². The van der Waals surface area contributed by atoms with Gasteiger partial charge in [-0.1, -0.05) is 57.6 Å². The van der Waals surface area contributed by atoms with Crippen LogP contribution in [0.5, 0.6) is 0 Å². The van der Waals surface area contributed by atoms with Gasteiger partial charge in [0.05, 0.1) is 30.3 Å². The summed E-state index contributed by atoms with van der Waals surface area (Å²) in [5.74, 6) is 4.61. The van der Waals surface area contributed by atoms with E-state index in [1.54, 1.807) is 0 Å². The SMILES string of the molecule is CCCCC[C@H]1O[C@H]1C/C=C\CCCCCCCC(=O)NCCCCC(N[C@@H](CCCNC(=N)N)C(=O)C(=O)[C@@H]1CCCN1N)C(C)=O. The molecule has 0 aliphatic carbocycles. The third kappa shape index (κ3) is 17.6. The van der Waals surface area contributed by atoms with Crippen molar-refractivity contribution in [3.8, 4) is 0 Å². The lowest BCUT2D eigenvalue weighted by Gasteiger charge is -2.25. The largest absolute Gasteiger partial charge is 0.370 e. The van der Waals surface area contributed by atoms with Gasteiger partial charge in [-0.3, -0.25) is 35.7 Å². The molecule has 48 heavy (non-hydrogen) atoms. The molecule has 0 radical (unpaired) electrons. The fourth-order valence-corrected chi connectivity index (χ4v) is 6.32. The van der Waals surface area contributed by atoms with Gasteiger partial charge in [0.1, 0.15) is 5.78 Å². The Labute approximate surface area is 288 Å². The van der Waals surface area contributed by atoms with Gasteiger partial charge in [-0.25, -0.2) is 5.01 Å². The standard InChI is InChI=1S/C36H65N7O5/c1-3-4-11-21-31-32(48-31)22-12-9-7-5-6-8-10-13-23-33(45)40-24-15-14-18-28(27(2)44)42-29(19-16-25-41-36(37)38)34(46)35(47)30-20-17-26-43(30)39/h9,12,28-32,42H,3-8,10-11,13-26,39H2,1-2H3,(H,40,45)(H4,37,38,41)/b12-9-/t28?,29-,30-,31+,32-/m0/s1. The quantitative estimate of drug-likeness (QED) is 0.0128. The Bertz CT molecular complexity index is 1020. The zero-order chi connectivity index (χ0) is 35.1. The van der Waals surface area contributed by atoms with Crippen molar-refractivity contribution in [1.82, 2.24) is 21.0 Å². The molecule has 12 heteroatoms. The maximum Gasteiger partial charge on any atom is 0.219 e. The highest BCUT2D eigenvalue weighted by Crippen LogP contribution is 2.30. The molecule has 5 atom stereocenters. The zero-order valence-corrected chi connectivity index (χ0v) is 29.7. The number of ketones is 3. The molecule has 12 nitrogen and oxygen atoms in total. The number of hydrazine groups is 1. The van der Waals surface area contributed by atoms with E-state index in [0.29, 0.717) is 76.8 Å². The van der Waals surface area contributed by atoms with E-state index in [-0.39, 0.29) is 17.6 Å². The van der Waals surface area contributed by atoms with Gasteiger partial charge >= 0.3 is 0 Å². The molecule has 2 aliphatic rings. The summed E-state index contributed by atoms with van der Waals surface area (Å²) >= 11 is 0. The second-order valence-corrected chi connectivity index (χ2v) is 13.6. The number of amides is 1. The van der Waals surface area contributed by atoms with Crippen LogP contribution in [0, 0.1) is 5.41 Å². The number of nitrogens with two attached hydrogens (primary N) is 2. The molecule has 2 heterocycles. The Hall–Kier alpha value is -2.67. The number of ether oxygens (including phenoxy) is 1. The van der Waals surface area contributed by atoms with Crippen molar-refractivity contribution in [3.63, 3.8) is 0 Å². The Balaban J connectivity index is 1.57. The zero-order valence-electron chi connectivity index (χ0n) is 29.7. The number of nitrogens with one attached hydrogen (secondary N) is 4. The number of guanidine groups is 1. The van der Waals surface area contributed by atoms with Gasteiger partial charge in [-0.15, -0.1) is 0 Å². The molecule has 0 aromatic rings. The van der Waals surface area contributed by atoms with Crippen LogP contribution in [0.3, 0.4) is 0 Å². The van der Waals surface area contributed by atoms with E-state index in [1.807, 2.05) is 0 Å². The minimum absolute atomic E-state index is 0.0543. The van der Waals surface area contributed by atoms with Crippen LogP contribution in [-0.2, 0) is 23.9 Å². The number of hydrogen-bond acceptors (Lipinski definition) is 9. The molecular formula is C36H65N7O5. The van der Waals surface area contributed by atoms with Crippen LogP contribution in [0.25, 0.3) is 0 Å². The van der Waals surface area contributed by atoms with E-state index in [1.165, 1.54) is 50.5 Å². The molecule has 2 saturated heterocycles. The Morgan fingerprint density at radius 2 is 1.62 bits per heavy atom. The molecule has 0 spiro atoms. The van der Waals surface area contributed by atoms with Crippen molar-refractivity contribution in [2.24, 2.45) is 11.6 Å². The third-order valence-corrected chi connectivity index (χ3v) is 9.37. The summed E-state index contributed by atoms with van der Waals surface area (Å²) in [5.41, 5.74) is 5.35. The van der Waals surface area contributed by atoms with Gasteiger partial charge in [0.25, 0.3) is 0 Å². The molecule has 0 bridgehead atoms. The summed E-state index contributed by atoms with van der Waals surface area (Å²) in [5, 5.41) is 17.6. The van der Waals surface area contributed by atoms with Gasteiger partial charge in [0.2, 0.25) is 17.5 Å². The van der Waals surface area contributed by atoms with Crippen molar-refractivity contribution in [1.29, 1.82) is 5.41 Å². The normalized spacial score (nSPS) is 20.4. The molecule has 274 valence electrons. The van der Waals surface area contributed by atoms with Crippen LogP contribution < -0.4 is 27.5 Å². The van der Waals surface area contributed by atoms with Gasteiger partial charge in [0.15, 0.2) is 5.96 Å². The molecule has 8 N–H and O–H groups in total. The summed E-state index contributed by atoms with van der Waals surface area (Å²) < 4.78 is 5.74. The predicted octanol–water partition coefficient (Wildman–Crippen LogP) is 3.95. The first-order chi connectivity index (χ1) is 23.1. The average molecular weight is 676 g/mol. The van der Waals surface area contributed by atoms with Crippen molar-refractivity contribution in [2.75, 3.05) is 19.6 Å². The fourth-order valence-electron chi connectivity index (χ4n) is 6.32. The third-order valence-electron chi connectivity index (χ3n) is 9.37. The van der Waals surface area contributed by atoms with E-state index in [4.69, 9.17) is 21.7 Å². The van der Waals surface area contributed by atoms with E-state index >= 15 is 0 Å². The number of allylic oxidation sites excluding steroid dienone is 1. The lowest BCUT2D eigenvalue weighted by atomic mass is 9.96. The number of carbonyl (C=O) groups excluding carboxylic acids is 4. The molecule has 0 aromatic carbocycles. The summed E-state index contributed by atoms with van der Waals surface area (Å²) in [6.07, 6.45) is 22.6. The molecular weight excluding hydrogens is 610 g/mol. The Kier molecular flexibility index (Phi) is 21.1. The Morgan fingerprint density at radius 3 is 2.33 bits per heavy atom. The van der Waals surface area contributed by atoms with Crippen LogP contribution in [0.2, 0.25) is 0 Å². The number of epoxide rings is 1. The Morgan fingerprint density at radius 1 is 0.896 bits per heavy atom. The maximum atomic E-state index is 13.2. The number of hydrogen-bond donors (Lipinski definition) is 6. The second kappa shape index (κ2) is 24.5. The summed E-state index contributed by atoms with van der Waals surface area (Å²) in [4.78, 5) is 51.0. The highest BCUT2D eigenvalue weighted by atomic mass is 16.6. The van der Waals surface area contributed by atoms with Gasteiger partial charge in [-0.2, -0.15) is 0 Å². The highest BCUT2D eigenvalue weighted by molar-refractivity contribution is 6.41. The molecule has 1 unspecified atom stereocenters. The summed E-state index contributed by atoms with van der Waals surface area (Å²) in [6.45, 7) is 5.18. The predicted molar refractivity (Wildman–Crippen MR) is 190 cm³/mol. The van der Waals surface area contributed by atoms with Gasteiger partial charge < -0.3 is 21.1 Å².